The van der Waals surface area contributed by atoms with E-state index in [4.69, 9.17) is 5.73 Å². The summed E-state index contributed by atoms with van der Waals surface area (Å²) < 4.78 is 38.6. The van der Waals surface area contributed by atoms with Crippen LogP contribution in [0, 0.1) is 0 Å². The molecule has 1 heterocycles. The van der Waals surface area contributed by atoms with E-state index in [9.17, 15) is 13.2 Å². The van der Waals surface area contributed by atoms with Crippen molar-refractivity contribution in [1.82, 2.24) is 4.98 Å². The zero-order valence-corrected chi connectivity index (χ0v) is 11.5. The zero-order valence-electron chi connectivity index (χ0n) is 10.7. The number of nitrogens with zero attached hydrogens (tertiary/aromatic N) is 1. The summed E-state index contributed by atoms with van der Waals surface area (Å²) >= 11 is 1.36. The first-order chi connectivity index (χ1) is 8.74. The summed E-state index contributed by atoms with van der Waals surface area (Å²) in [5.74, 6) is 0. The maximum atomic E-state index is 12.6. The highest BCUT2D eigenvalue weighted by molar-refractivity contribution is 7.18. The Balaban J connectivity index is 2.47. The molecule has 0 fully saturated rings. The Morgan fingerprint density at radius 3 is 2.58 bits per heavy atom. The van der Waals surface area contributed by atoms with E-state index in [0.717, 1.165) is 29.7 Å². The molecule has 1 aromatic heterocycles. The van der Waals surface area contributed by atoms with Crippen molar-refractivity contribution in [2.75, 3.05) is 0 Å². The van der Waals surface area contributed by atoms with Crippen molar-refractivity contribution in [2.24, 2.45) is 5.73 Å². The molecule has 19 heavy (non-hydrogen) atoms. The van der Waals surface area contributed by atoms with Crippen LogP contribution in [0.3, 0.4) is 0 Å². The first kappa shape index (κ1) is 14.3. The molecule has 1 aromatic carbocycles. The third-order valence-electron chi connectivity index (χ3n) is 2.97. The second kappa shape index (κ2) is 4.76. The number of hydrogen-bond donors (Lipinski definition) is 1. The normalized spacial score (nSPS) is 15.7. The lowest BCUT2D eigenvalue weighted by Gasteiger charge is -2.20. The number of benzene rings is 1. The lowest BCUT2D eigenvalue weighted by atomic mass is 9.99. The lowest BCUT2D eigenvalue weighted by Crippen LogP contribution is -2.32. The topological polar surface area (TPSA) is 38.9 Å². The average molecular weight is 288 g/mol. The number of alkyl halides is 3. The van der Waals surface area contributed by atoms with E-state index in [1.54, 1.807) is 0 Å². The van der Waals surface area contributed by atoms with Crippen LogP contribution in [0.25, 0.3) is 10.2 Å². The smallest absolute Gasteiger partial charge is 0.320 e. The van der Waals surface area contributed by atoms with E-state index in [1.807, 2.05) is 13.8 Å². The Morgan fingerprint density at radius 2 is 2.00 bits per heavy atom. The molecule has 2 aromatic rings. The molecule has 0 aliphatic heterocycles. The molecule has 0 spiro atoms. The first-order valence-corrected chi connectivity index (χ1v) is 6.83. The summed E-state index contributed by atoms with van der Waals surface area (Å²) in [6.07, 6.45) is -2.69. The largest absolute Gasteiger partial charge is 0.416 e. The van der Waals surface area contributed by atoms with Gasteiger partial charge >= 0.3 is 6.18 Å². The van der Waals surface area contributed by atoms with E-state index in [1.165, 1.54) is 17.4 Å². The number of aromatic nitrogens is 1. The first-order valence-electron chi connectivity index (χ1n) is 6.01. The summed E-state index contributed by atoms with van der Waals surface area (Å²) in [6, 6.07) is 3.62. The molecule has 2 N–H and O–H groups in total. The summed E-state index contributed by atoms with van der Waals surface area (Å²) in [5, 5.41) is 0.684. The predicted molar refractivity (Wildman–Crippen MR) is 71.1 cm³/mol. The van der Waals surface area contributed by atoms with Crippen molar-refractivity contribution in [1.29, 1.82) is 0 Å². The summed E-state index contributed by atoms with van der Waals surface area (Å²) in [5.41, 5.74) is 5.26. The van der Waals surface area contributed by atoms with Crippen molar-refractivity contribution in [3.63, 3.8) is 0 Å². The van der Waals surface area contributed by atoms with Gasteiger partial charge in [0, 0.05) is 0 Å². The lowest BCUT2D eigenvalue weighted by molar-refractivity contribution is -0.137. The van der Waals surface area contributed by atoms with Gasteiger partial charge in [0.1, 0.15) is 5.01 Å². The minimum atomic E-state index is -4.34. The number of rotatable bonds is 3. The van der Waals surface area contributed by atoms with Crippen LogP contribution in [-0.4, -0.2) is 4.98 Å². The van der Waals surface area contributed by atoms with Crippen molar-refractivity contribution >= 4 is 21.6 Å². The van der Waals surface area contributed by atoms with Crippen LogP contribution < -0.4 is 5.73 Å². The molecule has 0 saturated carbocycles. The van der Waals surface area contributed by atoms with Crippen LogP contribution in [0.1, 0.15) is 37.3 Å². The molecule has 2 rings (SSSR count). The fourth-order valence-electron chi connectivity index (χ4n) is 1.97. The molecule has 1 unspecified atom stereocenters. The third kappa shape index (κ3) is 2.90. The van der Waals surface area contributed by atoms with Gasteiger partial charge < -0.3 is 5.73 Å². The van der Waals surface area contributed by atoms with Crippen LogP contribution >= 0.6 is 11.3 Å². The molecule has 0 bridgehead atoms. The molecule has 0 amide bonds. The molecular formula is C13H15F3N2S. The second-order valence-corrected chi connectivity index (χ2v) is 5.90. The molecule has 1 atom stereocenters. The van der Waals surface area contributed by atoms with Gasteiger partial charge in [-0.05, 0) is 31.5 Å². The quantitative estimate of drug-likeness (QED) is 0.915. The van der Waals surface area contributed by atoms with E-state index >= 15 is 0 Å². The van der Waals surface area contributed by atoms with Gasteiger partial charge in [0.25, 0.3) is 0 Å². The molecule has 0 radical (unpaired) electrons. The van der Waals surface area contributed by atoms with Gasteiger partial charge in [0.05, 0.1) is 21.3 Å². The minimum absolute atomic E-state index is 0.364. The zero-order chi connectivity index (χ0) is 14.3. The van der Waals surface area contributed by atoms with Gasteiger partial charge in [-0.3, -0.25) is 0 Å². The summed E-state index contributed by atoms with van der Waals surface area (Å²) in [7, 11) is 0. The molecular weight excluding hydrogens is 273 g/mol. The fraction of sp³-hybridized carbons (Fsp3) is 0.462. The van der Waals surface area contributed by atoms with E-state index < -0.39 is 17.3 Å². The van der Waals surface area contributed by atoms with Gasteiger partial charge in [-0.2, -0.15) is 13.2 Å². The Morgan fingerprint density at radius 1 is 1.32 bits per heavy atom. The highest BCUT2D eigenvalue weighted by Crippen LogP contribution is 2.35. The molecule has 6 heteroatoms. The standard InChI is InChI=1S/C13H15F3N2S/c1-3-6-12(2,17)11-18-9-7-8(13(14,15)16)4-5-10(9)19-11/h4-5,7H,3,6,17H2,1-2H3. The maximum absolute atomic E-state index is 12.6. The van der Waals surface area contributed by atoms with Gasteiger partial charge in [-0.25, -0.2) is 4.98 Å². The molecule has 0 aliphatic rings. The van der Waals surface area contributed by atoms with Crippen molar-refractivity contribution in [2.45, 2.75) is 38.4 Å². The summed E-state index contributed by atoms with van der Waals surface area (Å²) in [4.78, 5) is 4.27. The van der Waals surface area contributed by atoms with Crippen molar-refractivity contribution in [3.8, 4) is 0 Å². The molecule has 0 aliphatic carbocycles. The van der Waals surface area contributed by atoms with E-state index in [2.05, 4.69) is 4.98 Å². The minimum Gasteiger partial charge on any atom is -0.320 e. The van der Waals surface area contributed by atoms with Crippen molar-refractivity contribution < 1.29 is 13.2 Å². The molecule has 0 saturated heterocycles. The van der Waals surface area contributed by atoms with Crippen LogP contribution in [0.2, 0.25) is 0 Å². The SMILES string of the molecule is CCCC(C)(N)c1nc2cc(C(F)(F)F)ccc2s1. The summed E-state index contributed by atoms with van der Waals surface area (Å²) in [6.45, 7) is 3.87. The van der Waals surface area contributed by atoms with Crippen molar-refractivity contribution in [3.05, 3.63) is 28.8 Å². The van der Waals surface area contributed by atoms with Crippen LogP contribution in [-0.2, 0) is 11.7 Å². The second-order valence-electron chi connectivity index (χ2n) is 4.87. The Hall–Kier alpha value is -1.14. The van der Waals surface area contributed by atoms with Gasteiger partial charge in [0.2, 0.25) is 0 Å². The average Bonchev–Trinajstić information content (AvgIpc) is 2.70. The number of hydrogen-bond acceptors (Lipinski definition) is 3. The monoisotopic (exact) mass is 288 g/mol. The van der Waals surface area contributed by atoms with Crippen LogP contribution in [0.15, 0.2) is 18.2 Å². The van der Waals surface area contributed by atoms with Crippen LogP contribution in [0.4, 0.5) is 13.2 Å². The Labute approximate surface area is 113 Å². The number of nitrogens with two attached hydrogens (primary N) is 1. The Bertz CT molecular complexity index is 587. The highest BCUT2D eigenvalue weighted by atomic mass is 32.1. The fourth-order valence-corrected chi connectivity index (χ4v) is 3.01. The van der Waals surface area contributed by atoms with Crippen LogP contribution in [0.5, 0.6) is 0 Å². The van der Waals surface area contributed by atoms with Gasteiger partial charge in [0.15, 0.2) is 0 Å². The number of halogens is 3. The Kier molecular flexibility index (Phi) is 3.57. The van der Waals surface area contributed by atoms with Gasteiger partial charge in [-0.1, -0.05) is 13.3 Å². The maximum Gasteiger partial charge on any atom is 0.416 e. The number of fused-ring (bicyclic) bond motifs is 1. The third-order valence-corrected chi connectivity index (χ3v) is 4.29. The molecule has 104 valence electrons. The highest BCUT2D eigenvalue weighted by Gasteiger charge is 2.31. The van der Waals surface area contributed by atoms with Gasteiger partial charge in [-0.15, -0.1) is 11.3 Å². The molecule has 2 nitrogen and oxygen atoms in total. The predicted octanol–water partition coefficient (Wildman–Crippen LogP) is 4.29. The number of thiazole rings is 1. The van der Waals surface area contributed by atoms with E-state index in [-0.39, 0.29) is 0 Å². The van der Waals surface area contributed by atoms with E-state index in [0.29, 0.717) is 10.5 Å².